The zero-order valence-electron chi connectivity index (χ0n) is 17.1. The Morgan fingerprint density at radius 2 is 1.68 bits per heavy atom. The van der Waals surface area contributed by atoms with Crippen LogP contribution in [0.3, 0.4) is 0 Å². The first-order chi connectivity index (χ1) is 13.6. The molecule has 1 atom stereocenters. The number of nitrogens with one attached hydrogen (secondary N) is 1. The van der Waals surface area contributed by atoms with Crippen LogP contribution in [0, 0.1) is 0 Å². The SMILES string of the molecule is COc1ccc(C(C)N(C)C(=O)Nc2ccccc2N2CCCCCC2)cc1. The van der Waals surface area contributed by atoms with Gasteiger partial charge in [0.25, 0.3) is 0 Å². The lowest BCUT2D eigenvalue weighted by Crippen LogP contribution is -2.34. The standard InChI is InChI=1S/C23H31N3O2/c1-18(19-12-14-20(28-3)15-13-19)25(2)23(27)24-21-10-6-7-11-22(21)26-16-8-4-5-9-17-26/h6-7,10-15,18H,4-5,8-9,16-17H2,1-3H3,(H,24,27). The minimum absolute atomic E-state index is 0.0451. The number of ether oxygens (including phenoxy) is 1. The van der Waals surface area contributed by atoms with Crippen molar-refractivity contribution in [3.05, 3.63) is 54.1 Å². The summed E-state index contributed by atoms with van der Waals surface area (Å²) in [5.74, 6) is 0.814. The fourth-order valence-electron chi connectivity index (χ4n) is 3.65. The first kappa shape index (κ1) is 20.1. The van der Waals surface area contributed by atoms with Crippen molar-refractivity contribution >= 4 is 17.4 Å². The van der Waals surface area contributed by atoms with E-state index in [4.69, 9.17) is 4.74 Å². The van der Waals surface area contributed by atoms with Crippen molar-refractivity contribution in [2.45, 2.75) is 38.6 Å². The number of hydrogen-bond acceptors (Lipinski definition) is 3. The maximum atomic E-state index is 12.9. The number of amides is 2. The molecule has 5 nitrogen and oxygen atoms in total. The first-order valence-electron chi connectivity index (χ1n) is 10.1. The molecule has 1 aliphatic rings. The Morgan fingerprint density at radius 1 is 1.04 bits per heavy atom. The van der Waals surface area contributed by atoms with Crippen LogP contribution in [0.15, 0.2) is 48.5 Å². The summed E-state index contributed by atoms with van der Waals surface area (Å²) in [7, 11) is 3.48. The fraction of sp³-hybridized carbons (Fsp3) is 0.435. The second-order valence-corrected chi connectivity index (χ2v) is 7.41. The molecule has 2 amide bonds. The smallest absolute Gasteiger partial charge is 0.322 e. The maximum Gasteiger partial charge on any atom is 0.322 e. The topological polar surface area (TPSA) is 44.8 Å². The third kappa shape index (κ3) is 4.77. The Balaban J connectivity index is 1.71. The Kier molecular flexibility index (Phi) is 6.80. The molecule has 0 saturated carbocycles. The summed E-state index contributed by atoms with van der Waals surface area (Å²) in [5.41, 5.74) is 3.06. The second-order valence-electron chi connectivity index (χ2n) is 7.41. The van der Waals surface area contributed by atoms with Crippen molar-refractivity contribution in [2.75, 3.05) is 37.5 Å². The molecule has 3 rings (SSSR count). The molecule has 150 valence electrons. The predicted molar refractivity (Wildman–Crippen MR) is 115 cm³/mol. The second kappa shape index (κ2) is 9.49. The van der Waals surface area contributed by atoms with Gasteiger partial charge in [-0.2, -0.15) is 0 Å². The van der Waals surface area contributed by atoms with E-state index in [1.54, 1.807) is 12.0 Å². The highest BCUT2D eigenvalue weighted by Crippen LogP contribution is 2.29. The lowest BCUT2D eigenvalue weighted by atomic mass is 10.1. The molecular formula is C23H31N3O2. The zero-order chi connectivity index (χ0) is 19.9. The molecule has 28 heavy (non-hydrogen) atoms. The summed E-state index contributed by atoms with van der Waals surface area (Å²) in [6.45, 7) is 4.12. The normalized spacial score (nSPS) is 15.5. The van der Waals surface area contributed by atoms with Crippen LogP contribution in [0.1, 0.15) is 44.2 Å². The summed E-state index contributed by atoms with van der Waals surface area (Å²) in [6.07, 6.45) is 4.98. The highest BCUT2D eigenvalue weighted by molar-refractivity contribution is 5.93. The lowest BCUT2D eigenvalue weighted by molar-refractivity contribution is 0.208. The molecule has 1 N–H and O–H groups in total. The van der Waals surface area contributed by atoms with Gasteiger partial charge < -0.3 is 19.9 Å². The molecule has 1 heterocycles. The third-order valence-electron chi connectivity index (χ3n) is 5.59. The van der Waals surface area contributed by atoms with E-state index in [0.717, 1.165) is 35.8 Å². The van der Waals surface area contributed by atoms with Gasteiger partial charge in [-0.15, -0.1) is 0 Å². The summed E-state index contributed by atoms with van der Waals surface area (Å²) in [4.78, 5) is 17.1. The van der Waals surface area contributed by atoms with Crippen molar-refractivity contribution in [1.82, 2.24) is 4.90 Å². The van der Waals surface area contributed by atoms with Gasteiger partial charge in [0.05, 0.1) is 24.5 Å². The third-order valence-corrected chi connectivity index (χ3v) is 5.59. The van der Waals surface area contributed by atoms with E-state index in [1.165, 1.54) is 25.7 Å². The van der Waals surface area contributed by atoms with E-state index in [9.17, 15) is 4.79 Å². The van der Waals surface area contributed by atoms with E-state index in [2.05, 4.69) is 16.3 Å². The van der Waals surface area contributed by atoms with Gasteiger partial charge in [0.2, 0.25) is 0 Å². The minimum atomic E-state index is -0.106. The van der Waals surface area contributed by atoms with Gasteiger partial charge in [0.15, 0.2) is 0 Å². The molecular weight excluding hydrogens is 350 g/mol. The van der Waals surface area contributed by atoms with Crippen LogP contribution < -0.4 is 15.0 Å². The van der Waals surface area contributed by atoms with Crippen LogP contribution >= 0.6 is 0 Å². The zero-order valence-corrected chi connectivity index (χ0v) is 17.1. The Morgan fingerprint density at radius 3 is 2.32 bits per heavy atom. The number of urea groups is 1. The number of anilines is 2. The maximum absolute atomic E-state index is 12.9. The Bertz CT molecular complexity index is 768. The van der Waals surface area contributed by atoms with Gasteiger partial charge in [-0.1, -0.05) is 37.1 Å². The van der Waals surface area contributed by atoms with Crippen LogP contribution in [0.4, 0.5) is 16.2 Å². The molecule has 2 aromatic carbocycles. The Labute approximate surface area is 168 Å². The number of para-hydroxylation sites is 2. The molecule has 1 aliphatic heterocycles. The van der Waals surface area contributed by atoms with E-state index >= 15 is 0 Å². The van der Waals surface area contributed by atoms with Gasteiger partial charge in [-0.25, -0.2) is 4.79 Å². The average molecular weight is 382 g/mol. The van der Waals surface area contributed by atoms with Gasteiger partial charge in [-0.05, 0) is 49.6 Å². The monoisotopic (exact) mass is 381 g/mol. The summed E-state index contributed by atoms with van der Waals surface area (Å²) in [5, 5.41) is 3.12. The van der Waals surface area contributed by atoms with E-state index in [-0.39, 0.29) is 12.1 Å². The molecule has 5 heteroatoms. The van der Waals surface area contributed by atoms with Crippen molar-refractivity contribution in [1.29, 1.82) is 0 Å². The van der Waals surface area contributed by atoms with Gasteiger partial charge in [0.1, 0.15) is 5.75 Å². The largest absolute Gasteiger partial charge is 0.497 e. The van der Waals surface area contributed by atoms with Gasteiger partial charge >= 0.3 is 6.03 Å². The van der Waals surface area contributed by atoms with Crippen LogP contribution in [-0.2, 0) is 0 Å². The highest BCUT2D eigenvalue weighted by Gasteiger charge is 2.20. The molecule has 1 fully saturated rings. The fourth-order valence-corrected chi connectivity index (χ4v) is 3.65. The predicted octanol–water partition coefficient (Wildman–Crippen LogP) is 5.30. The molecule has 0 aliphatic carbocycles. The Hall–Kier alpha value is -2.69. The van der Waals surface area contributed by atoms with E-state index in [0.29, 0.717) is 0 Å². The van der Waals surface area contributed by atoms with Gasteiger partial charge in [0, 0.05) is 20.1 Å². The number of carbonyl (C=O) groups excluding carboxylic acids is 1. The minimum Gasteiger partial charge on any atom is -0.497 e. The number of rotatable bonds is 5. The van der Waals surface area contributed by atoms with Crippen molar-refractivity contribution in [3.8, 4) is 5.75 Å². The average Bonchev–Trinajstić information content (AvgIpc) is 3.02. The molecule has 2 aromatic rings. The lowest BCUT2D eigenvalue weighted by Gasteiger charge is -2.28. The number of benzene rings is 2. The van der Waals surface area contributed by atoms with Crippen LogP contribution in [-0.4, -0.2) is 38.2 Å². The van der Waals surface area contributed by atoms with Crippen LogP contribution in [0.25, 0.3) is 0 Å². The van der Waals surface area contributed by atoms with Crippen molar-refractivity contribution in [3.63, 3.8) is 0 Å². The summed E-state index contributed by atoms with van der Waals surface area (Å²) in [6, 6.07) is 15.8. The molecule has 0 spiro atoms. The molecule has 0 aromatic heterocycles. The summed E-state index contributed by atoms with van der Waals surface area (Å²) < 4.78 is 5.22. The van der Waals surface area contributed by atoms with Crippen molar-refractivity contribution in [2.24, 2.45) is 0 Å². The number of nitrogens with zero attached hydrogens (tertiary/aromatic N) is 2. The molecule has 0 bridgehead atoms. The number of hydrogen-bond donors (Lipinski definition) is 1. The number of methoxy groups -OCH3 is 1. The molecule has 1 saturated heterocycles. The van der Waals surface area contributed by atoms with E-state index < -0.39 is 0 Å². The van der Waals surface area contributed by atoms with Crippen LogP contribution in [0.5, 0.6) is 5.75 Å². The molecule has 0 radical (unpaired) electrons. The quantitative estimate of drug-likeness (QED) is 0.764. The summed E-state index contributed by atoms with van der Waals surface area (Å²) >= 11 is 0. The van der Waals surface area contributed by atoms with Crippen molar-refractivity contribution < 1.29 is 9.53 Å². The van der Waals surface area contributed by atoms with E-state index in [1.807, 2.05) is 56.4 Å². The van der Waals surface area contributed by atoms with Gasteiger partial charge in [-0.3, -0.25) is 0 Å². The highest BCUT2D eigenvalue weighted by atomic mass is 16.5. The van der Waals surface area contributed by atoms with Crippen LogP contribution in [0.2, 0.25) is 0 Å². The first-order valence-corrected chi connectivity index (χ1v) is 10.1. The number of carbonyl (C=O) groups is 1. The molecule has 1 unspecified atom stereocenters.